The van der Waals surface area contributed by atoms with E-state index >= 15 is 0 Å². The van der Waals surface area contributed by atoms with E-state index in [2.05, 4.69) is 9.80 Å². The molecule has 0 radical (unpaired) electrons. The molecule has 7 heteroatoms. The van der Waals surface area contributed by atoms with E-state index in [1.165, 1.54) is 6.07 Å². The third-order valence-electron chi connectivity index (χ3n) is 6.05. The fourth-order valence-electron chi connectivity index (χ4n) is 4.34. The van der Waals surface area contributed by atoms with Crippen molar-refractivity contribution in [1.82, 2.24) is 9.47 Å². The van der Waals surface area contributed by atoms with Crippen molar-refractivity contribution in [3.63, 3.8) is 0 Å². The molecule has 3 heterocycles. The van der Waals surface area contributed by atoms with Gasteiger partial charge in [0, 0.05) is 38.6 Å². The molecule has 30 heavy (non-hydrogen) atoms. The second-order valence-electron chi connectivity index (χ2n) is 7.89. The van der Waals surface area contributed by atoms with E-state index in [0.717, 1.165) is 73.3 Å². The van der Waals surface area contributed by atoms with Gasteiger partial charge in [-0.05, 0) is 55.3 Å². The van der Waals surface area contributed by atoms with Crippen LogP contribution in [-0.2, 0) is 13.5 Å². The predicted molar refractivity (Wildman–Crippen MR) is 115 cm³/mol. The number of hydrogen-bond acceptors (Lipinski definition) is 5. The summed E-state index contributed by atoms with van der Waals surface area (Å²) in [5.74, 6) is -0.562. The topological polar surface area (TPSA) is 54.8 Å². The number of para-hydroxylation sites is 1. The Morgan fingerprint density at radius 2 is 1.93 bits per heavy atom. The maximum Gasteiger partial charge on any atom is 0.419 e. The Morgan fingerprint density at radius 1 is 1.10 bits per heavy atom. The van der Waals surface area contributed by atoms with Gasteiger partial charge in [-0.1, -0.05) is 6.07 Å². The van der Waals surface area contributed by atoms with Gasteiger partial charge in [-0.15, -0.1) is 0 Å². The van der Waals surface area contributed by atoms with E-state index in [1.54, 1.807) is 30.0 Å². The maximum absolute atomic E-state index is 13.5. The number of furan rings is 1. The van der Waals surface area contributed by atoms with E-state index in [0.29, 0.717) is 5.58 Å². The zero-order chi connectivity index (χ0) is 20.7. The normalized spacial score (nSPS) is 15.5. The van der Waals surface area contributed by atoms with Crippen LogP contribution in [0.3, 0.4) is 0 Å². The zero-order valence-electron chi connectivity index (χ0n) is 16.9. The van der Waals surface area contributed by atoms with Crippen molar-refractivity contribution in [2.75, 3.05) is 37.6 Å². The van der Waals surface area contributed by atoms with Crippen LogP contribution in [0.1, 0.15) is 12.0 Å². The number of aromatic nitrogens is 1. The zero-order valence-corrected chi connectivity index (χ0v) is 16.9. The van der Waals surface area contributed by atoms with Crippen LogP contribution in [0.25, 0.3) is 22.1 Å². The average molecular weight is 409 g/mol. The first-order valence-electron chi connectivity index (χ1n) is 10.3. The molecule has 1 fully saturated rings. The Kier molecular flexibility index (Phi) is 4.83. The summed E-state index contributed by atoms with van der Waals surface area (Å²) in [5, 5.41) is 0.872. The molecule has 0 amide bonds. The average Bonchev–Trinajstić information content (AvgIpc) is 3.29. The maximum atomic E-state index is 13.5. The molecule has 0 atom stereocenters. The molecule has 0 aliphatic carbocycles. The minimum Gasteiger partial charge on any atom is -0.464 e. The van der Waals surface area contributed by atoms with Crippen LogP contribution in [0.4, 0.5) is 10.1 Å². The van der Waals surface area contributed by atoms with Crippen molar-refractivity contribution in [2.24, 2.45) is 7.05 Å². The summed E-state index contributed by atoms with van der Waals surface area (Å²) in [6.07, 6.45) is 3.61. The van der Waals surface area contributed by atoms with Gasteiger partial charge in [0.15, 0.2) is 5.58 Å². The van der Waals surface area contributed by atoms with Crippen LogP contribution >= 0.6 is 0 Å². The van der Waals surface area contributed by atoms with Gasteiger partial charge in [-0.25, -0.2) is 9.18 Å². The lowest BCUT2D eigenvalue weighted by Gasteiger charge is -2.36. The SMILES string of the molecule is Cn1c(=O)oc2c(N3CCN(CCCc4coc5ccc(F)cc45)CC3)cccc21. The summed E-state index contributed by atoms with van der Waals surface area (Å²) in [4.78, 5) is 16.6. The molecule has 1 aliphatic rings. The number of halogens is 1. The highest BCUT2D eigenvalue weighted by Gasteiger charge is 2.21. The molecule has 6 nitrogen and oxygen atoms in total. The van der Waals surface area contributed by atoms with Gasteiger partial charge in [0.05, 0.1) is 17.5 Å². The molecular weight excluding hydrogens is 385 g/mol. The number of benzene rings is 2. The lowest BCUT2D eigenvalue weighted by molar-refractivity contribution is 0.255. The van der Waals surface area contributed by atoms with Crippen LogP contribution in [0.2, 0.25) is 0 Å². The Balaban J connectivity index is 1.19. The first-order chi connectivity index (χ1) is 14.6. The Hall–Kier alpha value is -3.06. The highest BCUT2D eigenvalue weighted by molar-refractivity contribution is 5.87. The highest BCUT2D eigenvalue weighted by Crippen LogP contribution is 2.27. The third kappa shape index (κ3) is 3.39. The smallest absolute Gasteiger partial charge is 0.419 e. The molecule has 0 spiro atoms. The van der Waals surface area contributed by atoms with Gasteiger partial charge in [0.2, 0.25) is 0 Å². The van der Waals surface area contributed by atoms with Gasteiger partial charge in [0.25, 0.3) is 0 Å². The lowest BCUT2D eigenvalue weighted by atomic mass is 10.1. The van der Waals surface area contributed by atoms with Crippen LogP contribution in [0.15, 0.2) is 56.3 Å². The third-order valence-corrected chi connectivity index (χ3v) is 6.05. The predicted octanol–water partition coefficient (Wildman–Crippen LogP) is 3.77. The Labute approximate surface area is 173 Å². The first-order valence-corrected chi connectivity index (χ1v) is 10.3. The van der Waals surface area contributed by atoms with Crippen molar-refractivity contribution in [1.29, 1.82) is 0 Å². The van der Waals surface area contributed by atoms with Crippen molar-refractivity contribution in [3.8, 4) is 0 Å². The Bertz CT molecular complexity index is 1250. The minimum atomic E-state index is -0.331. The van der Waals surface area contributed by atoms with E-state index < -0.39 is 0 Å². The summed E-state index contributed by atoms with van der Waals surface area (Å²) < 4.78 is 26.1. The van der Waals surface area contributed by atoms with Crippen LogP contribution < -0.4 is 10.7 Å². The molecule has 0 bridgehead atoms. The monoisotopic (exact) mass is 409 g/mol. The molecule has 2 aromatic heterocycles. The molecule has 1 saturated heterocycles. The lowest BCUT2D eigenvalue weighted by Crippen LogP contribution is -2.46. The van der Waals surface area contributed by atoms with Gasteiger partial charge in [-0.2, -0.15) is 0 Å². The number of aryl methyl sites for hydroxylation is 2. The van der Waals surface area contributed by atoms with Crippen molar-refractivity contribution in [3.05, 3.63) is 64.6 Å². The summed E-state index contributed by atoms with van der Waals surface area (Å²) in [5.41, 5.74) is 4.27. The van der Waals surface area contributed by atoms with E-state index in [9.17, 15) is 9.18 Å². The van der Waals surface area contributed by atoms with Gasteiger partial charge >= 0.3 is 5.76 Å². The molecule has 1 aliphatic heterocycles. The number of hydrogen-bond donors (Lipinski definition) is 0. The fraction of sp³-hybridized carbons (Fsp3) is 0.348. The number of nitrogens with zero attached hydrogens (tertiary/aromatic N) is 3. The van der Waals surface area contributed by atoms with Crippen LogP contribution in [-0.4, -0.2) is 42.2 Å². The summed E-state index contributed by atoms with van der Waals surface area (Å²) in [6, 6.07) is 10.6. The van der Waals surface area contributed by atoms with Crippen molar-refractivity contribution < 1.29 is 13.2 Å². The quantitative estimate of drug-likeness (QED) is 0.502. The molecule has 2 aromatic carbocycles. The standard InChI is InChI=1S/C23H24FN3O3/c1-25-19-5-2-6-20(22(19)30-23(25)28)27-12-10-26(11-13-27)9-3-4-16-15-29-21-8-7-17(24)14-18(16)21/h2,5-8,14-15H,3-4,9-13H2,1H3. The van der Waals surface area contributed by atoms with E-state index in [4.69, 9.17) is 8.83 Å². The van der Waals surface area contributed by atoms with Crippen LogP contribution in [0.5, 0.6) is 0 Å². The molecule has 4 aromatic rings. The number of anilines is 1. The number of rotatable bonds is 5. The summed E-state index contributed by atoms with van der Waals surface area (Å²) in [6.45, 7) is 4.66. The van der Waals surface area contributed by atoms with Crippen LogP contribution in [0, 0.1) is 5.82 Å². The number of piperazine rings is 1. The second-order valence-corrected chi connectivity index (χ2v) is 7.89. The van der Waals surface area contributed by atoms with Gasteiger partial charge in [0.1, 0.15) is 11.4 Å². The number of oxazole rings is 1. The highest BCUT2D eigenvalue weighted by atomic mass is 19.1. The number of fused-ring (bicyclic) bond motifs is 2. The molecule has 156 valence electrons. The summed E-state index contributed by atoms with van der Waals surface area (Å²) >= 11 is 0. The van der Waals surface area contributed by atoms with Gasteiger partial charge in [-0.3, -0.25) is 9.47 Å². The first kappa shape index (κ1) is 18.9. The van der Waals surface area contributed by atoms with Crippen molar-refractivity contribution >= 4 is 27.8 Å². The van der Waals surface area contributed by atoms with E-state index in [-0.39, 0.29) is 11.6 Å². The fourth-order valence-corrected chi connectivity index (χ4v) is 4.34. The molecule has 0 unspecified atom stereocenters. The molecule has 0 saturated carbocycles. The van der Waals surface area contributed by atoms with Crippen molar-refractivity contribution in [2.45, 2.75) is 12.8 Å². The molecule has 5 rings (SSSR count). The molecule has 0 N–H and O–H groups in total. The van der Waals surface area contributed by atoms with E-state index in [1.807, 2.05) is 18.2 Å². The largest absolute Gasteiger partial charge is 0.464 e. The minimum absolute atomic E-state index is 0.231. The Morgan fingerprint density at radius 3 is 2.77 bits per heavy atom. The summed E-state index contributed by atoms with van der Waals surface area (Å²) in [7, 11) is 1.73. The van der Waals surface area contributed by atoms with Gasteiger partial charge < -0.3 is 13.7 Å². The molecular formula is C23H24FN3O3. The second kappa shape index (κ2) is 7.65.